The summed E-state index contributed by atoms with van der Waals surface area (Å²) < 4.78 is 13.3. The molecule has 6 atom stereocenters. The van der Waals surface area contributed by atoms with Gasteiger partial charge < -0.3 is 20.4 Å². The van der Waals surface area contributed by atoms with Crippen molar-refractivity contribution in [3.8, 4) is 0 Å². The lowest BCUT2D eigenvalue weighted by Crippen LogP contribution is -2.65. The summed E-state index contributed by atoms with van der Waals surface area (Å²) in [6.07, 6.45) is 3.51. The zero-order valence-corrected chi connectivity index (χ0v) is 27.0. The maximum Gasteiger partial charge on any atom is 0.481 e. The molecule has 1 aliphatic heterocycles. The van der Waals surface area contributed by atoms with Gasteiger partial charge in [0.1, 0.15) is 0 Å². The zero-order valence-electron chi connectivity index (χ0n) is 27.0. The first-order valence-corrected chi connectivity index (χ1v) is 16.1. The molecule has 3 aliphatic carbocycles. The van der Waals surface area contributed by atoms with Crippen molar-refractivity contribution in [2.45, 2.75) is 90.8 Å². The van der Waals surface area contributed by atoms with Crippen LogP contribution in [0.4, 0.5) is 0 Å². The van der Waals surface area contributed by atoms with E-state index in [1.54, 1.807) is 6.07 Å². The molecule has 0 spiro atoms. The van der Waals surface area contributed by atoms with Crippen molar-refractivity contribution < 1.29 is 23.9 Å². The monoisotopic (exact) mass is 619 g/mol. The van der Waals surface area contributed by atoms with Gasteiger partial charge in [0.05, 0.1) is 17.6 Å². The molecule has 2 bridgehead atoms. The number of benzene rings is 2. The first-order chi connectivity index (χ1) is 21.3. The molecule has 1 saturated heterocycles. The number of carbonyl (C=O) groups excluding carboxylic acids is 2. The zero-order chi connectivity index (χ0) is 32.5. The largest absolute Gasteiger partial charge is 0.481 e. The third kappa shape index (κ3) is 7.01. The van der Waals surface area contributed by atoms with Crippen LogP contribution in [0, 0.1) is 39.2 Å². The molecule has 0 radical (unpaired) electrons. The van der Waals surface area contributed by atoms with Gasteiger partial charge in [-0.15, -0.1) is 0 Å². The van der Waals surface area contributed by atoms with Crippen molar-refractivity contribution in [1.82, 2.24) is 10.7 Å². The lowest BCUT2D eigenvalue weighted by molar-refractivity contribution is -0.525. The van der Waals surface area contributed by atoms with Crippen LogP contribution < -0.4 is 16.5 Å². The van der Waals surface area contributed by atoms with Crippen LogP contribution in [-0.4, -0.2) is 54.0 Å². The van der Waals surface area contributed by atoms with Gasteiger partial charge >= 0.3 is 7.12 Å². The molecule has 4 aliphatic rings. The number of nitrogens with zero attached hydrogens (tertiary/aromatic N) is 2. The number of ketones is 1. The number of hydrogen-bond donors (Lipinski definition) is 3. The number of nitrogens with one attached hydrogen (secondary N) is 2. The minimum absolute atomic E-state index is 0.00721. The summed E-state index contributed by atoms with van der Waals surface area (Å²) in [6, 6.07) is 13.4. The number of rotatable bonds is 13. The molecule has 3 saturated carbocycles. The number of hydrazine groups is 1. The van der Waals surface area contributed by atoms with Crippen LogP contribution in [0.25, 0.3) is 10.8 Å². The van der Waals surface area contributed by atoms with Crippen LogP contribution in [0.2, 0.25) is 0 Å². The average Bonchev–Trinajstić information content (AvgIpc) is 3.34. The summed E-state index contributed by atoms with van der Waals surface area (Å²) in [6.45, 7) is 11.2. The second kappa shape index (κ2) is 13.1. The van der Waals surface area contributed by atoms with Gasteiger partial charge in [-0.3, -0.25) is 9.59 Å². The van der Waals surface area contributed by atoms with Crippen LogP contribution in [0.15, 0.2) is 47.5 Å². The third-order valence-electron chi connectivity index (χ3n) is 10.4. The van der Waals surface area contributed by atoms with Gasteiger partial charge in [0.2, 0.25) is 5.91 Å². The Kier molecular flexibility index (Phi) is 9.56. The van der Waals surface area contributed by atoms with Crippen molar-refractivity contribution in [3.63, 3.8) is 0 Å². The van der Waals surface area contributed by atoms with E-state index in [0.29, 0.717) is 36.7 Å². The molecule has 0 aromatic heterocycles. The lowest BCUT2D eigenvalue weighted by Gasteiger charge is -2.64. The Morgan fingerprint density at radius 1 is 1.16 bits per heavy atom. The Hall–Kier alpha value is -3.51. The molecule has 11 nitrogen and oxygen atoms in total. The summed E-state index contributed by atoms with van der Waals surface area (Å²) in [5.41, 5.74) is 7.73. The quantitative estimate of drug-likeness (QED) is 0.0554. The van der Waals surface area contributed by atoms with E-state index in [1.807, 2.05) is 41.8 Å². The van der Waals surface area contributed by atoms with Crippen LogP contribution in [-0.2, 0) is 14.1 Å². The van der Waals surface area contributed by atoms with E-state index < -0.39 is 23.7 Å². The summed E-state index contributed by atoms with van der Waals surface area (Å²) in [7, 11) is -0.573. The summed E-state index contributed by atoms with van der Waals surface area (Å²) in [5.74, 6) is -0.423. The molecule has 0 unspecified atom stereocenters. The number of Topliss-reactive ketones (excluding diaryl/α,β-unsaturated/α-hetero) is 1. The van der Waals surface area contributed by atoms with Gasteiger partial charge in [-0.2, -0.15) is 0 Å². The Bertz CT molecular complexity index is 1470. The molecule has 1 heterocycles. The van der Waals surface area contributed by atoms with E-state index >= 15 is 0 Å². The van der Waals surface area contributed by atoms with Crippen molar-refractivity contribution >= 4 is 35.5 Å². The molecule has 4 fully saturated rings. The average molecular weight is 620 g/mol. The number of amides is 1. The van der Waals surface area contributed by atoms with E-state index in [9.17, 15) is 19.7 Å². The lowest BCUT2D eigenvalue weighted by atomic mass is 9.43. The fourth-order valence-corrected chi connectivity index (χ4v) is 7.81. The normalized spacial score (nSPS) is 26.6. The summed E-state index contributed by atoms with van der Waals surface area (Å²) in [4.78, 5) is 42.1. The van der Waals surface area contributed by atoms with E-state index in [2.05, 4.69) is 44.9 Å². The van der Waals surface area contributed by atoms with E-state index in [-0.39, 0.29) is 54.0 Å². The smallest absolute Gasteiger partial charge is 0.404 e. The van der Waals surface area contributed by atoms with Crippen molar-refractivity contribution in [3.05, 3.63) is 58.1 Å². The second-order valence-corrected chi connectivity index (χ2v) is 14.2. The van der Waals surface area contributed by atoms with Gasteiger partial charge in [-0.1, -0.05) is 69.5 Å². The molecule has 4 N–H and O–H groups in total. The molecule has 12 heteroatoms. The SMILES string of the molecule is CC(C)C[C@H](NC(=O)[C@H](CCCN=C(N)N[N+](=O)[O-])CC(=O)c1ccc2ccccc2c1)B1O[C@@H]2C[C@H]3C[C@H](C3(C)C)[C@]2(C)O1. The number of nitrogens with two attached hydrogens (primary N) is 1. The fraction of sp³-hybridized carbons (Fsp3) is 0.606. The van der Waals surface area contributed by atoms with Crippen LogP contribution >= 0.6 is 0 Å². The number of fused-ring (bicyclic) bond motifs is 1. The molecule has 6 rings (SSSR count). The highest BCUT2D eigenvalue weighted by Gasteiger charge is 2.68. The first kappa shape index (κ1) is 32.9. The van der Waals surface area contributed by atoms with Crippen LogP contribution in [0.5, 0.6) is 0 Å². The van der Waals surface area contributed by atoms with Crippen LogP contribution in [0.1, 0.15) is 83.5 Å². The molecule has 45 heavy (non-hydrogen) atoms. The van der Waals surface area contributed by atoms with E-state index in [4.69, 9.17) is 15.0 Å². The molecule has 2 aromatic rings. The number of hydrogen-bond acceptors (Lipinski definition) is 7. The summed E-state index contributed by atoms with van der Waals surface area (Å²) >= 11 is 0. The molecule has 242 valence electrons. The van der Waals surface area contributed by atoms with Gasteiger partial charge in [-0.05, 0) is 79.0 Å². The fourth-order valence-electron chi connectivity index (χ4n) is 7.81. The van der Waals surface area contributed by atoms with Crippen LogP contribution in [0.3, 0.4) is 0 Å². The Balaban J connectivity index is 1.31. The number of carbonyl (C=O) groups is 2. The van der Waals surface area contributed by atoms with Crippen molar-refractivity contribution in [2.24, 2.45) is 39.8 Å². The minimum atomic E-state index is -0.778. The van der Waals surface area contributed by atoms with E-state index in [0.717, 1.165) is 23.6 Å². The Morgan fingerprint density at radius 3 is 2.58 bits per heavy atom. The van der Waals surface area contributed by atoms with E-state index in [1.165, 1.54) is 0 Å². The van der Waals surface area contributed by atoms with Gasteiger partial charge in [0.25, 0.3) is 5.96 Å². The Morgan fingerprint density at radius 2 is 1.89 bits per heavy atom. The third-order valence-corrected chi connectivity index (χ3v) is 10.4. The molecular formula is C33H46BN5O6. The van der Waals surface area contributed by atoms with Crippen molar-refractivity contribution in [2.75, 3.05) is 6.54 Å². The highest BCUT2D eigenvalue weighted by molar-refractivity contribution is 6.47. The molecular weight excluding hydrogens is 573 g/mol. The maximum atomic E-state index is 14.0. The standard InChI is InChI=1S/C33H46BN5O6/c1-20(2)15-29(34-44-28-19-25-18-27(32(25,3)4)33(28,5)45-34)37-30(41)24(11-8-14-36-31(35)38-39(42)43)17-26(40)23-13-12-21-9-6-7-10-22(21)16-23/h6-7,9-10,12-13,16,20,24-25,27-29H,8,11,14-15,17-19H2,1-5H3,(H,37,41)(H3,35,36,38)/t24-,25-,27-,28-,29+,33+/m1/s1. The second-order valence-electron chi connectivity index (χ2n) is 14.2. The topological polar surface area (TPSA) is 158 Å². The van der Waals surface area contributed by atoms with Gasteiger partial charge in [-0.25, -0.2) is 15.1 Å². The number of aliphatic imine (C=N–C) groups is 1. The predicted octanol–water partition coefficient (Wildman–Crippen LogP) is 4.70. The minimum Gasteiger partial charge on any atom is -0.404 e. The predicted molar refractivity (Wildman–Crippen MR) is 174 cm³/mol. The van der Waals surface area contributed by atoms with Gasteiger partial charge in [0, 0.05) is 24.4 Å². The first-order valence-electron chi connectivity index (χ1n) is 16.1. The van der Waals surface area contributed by atoms with Gasteiger partial charge in [0.15, 0.2) is 10.8 Å². The molecule has 2 aromatic carbocycles. The number of guanidine groups is 1. The Labute approximate surface area is 265 Å². The molecule has 1 amide bonds. The highest BCUT2D eigenvalue weighted by atomic mass is 16.7. The number of nitro groups is 1. The highest BCUT2D eigenvalue weighted by Crippen LogP contribution is 2.65. The van der Waals surface area contributed by atoms with Crippen molar-refractivity contribution in [1.29, 1.82) is 0 Å². The summed E-state index contributed by atoms with van der Waals surface area (Å²) in [5, 5.41) is 15.1. The maximum absolute atomic E-state index is 14.0.